The molecule has 0 spiro atoms. The molecule has 3 heterocycles. The van der Waals surface area contributed by atoms with Crippen LogP contribution in [0.5, 0.6) is 0 Å². The number of carbonyl (C=O) groups is 1. The molecule has 4 rings (SSSR count). The second kappa shape index (κ2) is 6.53. The number of hydrogen-bond acceptors (Lipinski definition) is 5. The molecular weight excluding hydrogens is 348 g/mol. The zero-order valence-electron chi connectivity index (χ0n) is 13.8. The number of nitrogens with one attached hydrogen (secondary N) is 1. The van der Waals surface area contributed by atoms with Crippen molar-refractivity contribution in [2.75, 3.05) is 5.43 Å². The van der Waals surface area contributed by atoms with Crippen LogP contribution in [0, 0.1) is 6.92 Å². The Morgan fingerprint density at radius 2 is 2.08 bits per heavy atom. The van der Waals surface area contributed by atoms with Gasteiger partial charge in [0.15, 0.2) is 0 Å². The number of hydrogen-bond donors (Lipinski definition) is 1. The highest BCUT2D eigenvalue weighted by molar-refractivity contribution is 7.16. The Morgan fingerprint density at radius 1 is 1.23 bits per heavy atom. The Bertz CT molecular complexity index is 1220. The Kier molecular flexibility index (Phi) is 4.06. The molecule has 1 amide bonds. The van der Waals surface area contributed by atoms with Crippen LogP contribution in [0.15, 0.2) is 58.8 Å². The molecule has 0 aliphatic rings. The number of rotatable bonds is 3. The Balaban J connectivity index is 1.63. The summed E-state index contributed by atoms with van der Waals surface area (Å²) in [6.07, 6.45) is 4.78. The molecule has 7 heteroatoms. The lowest BCUT2D eigenvalue weighted by molar-refractivity contribution is -0.112. The number of aryl methyl sites for hydroxylation is 1. The van der Waals surface area contributed by atoms with Gasteiger partial charge in [0.25, 0.3) is 11.5 Å². The third-order valence-electron chi connectivity index (χ3n) is 3.97. The molecule has 0 saturated carbocycles. The summed E-state index contributed by atoms with van der Waals surface area (Å²) in [6.45, 7) is 1.68. The maximum atomic E-state index is 12.5. The SMILES string of the molecule is Cc1nc2sccc2c(=O)n1NC(=O)/C=C/c1cccc2cccnc12. The maximum absolute atomic E-state index is 12.5. The van der Waals surface area contributed by atoms with Gasteiger partial charge in [0, 0.05) is 23.2 Å². The van der Waals surface area contributed by atoms with Crippen molar-refractivity contribution in [3.63, 3.8) is 0 Å². The van der Waals surface area contributed by atoms with Gasteiger partial charge < -0.3 is 0 Å². The molecule has 0 bridgehead atoms. The van der Waals surface area contributed by atoms with E-state index in [2.05, 4.69) is 15.4 Å². The highest BCUT2D eigenvalue weighted by Gasteiger charge is 2.10. The Labute approximate surface area is 152 Å². The van der Waals surface area contributed by atoms with Gasteiger partial charge in [-0.2, -0.15) is 0 Å². The first kappa shape index (κ1) is 16.2. The normalized spacial score (nSPS) is 11.4. The van der Waals surface area contributed by atoms with Crippen molar-refractivity contribution in [3.8, 4) is 0 Å². The van der Waals surface area contributed by atoms with Gasteiger partial charge >= 0.3 is 0 Å². The molecule has 6 nitrogen and oxygen atoms in total. The highest BCUT2D eigenvalue weighted by atomic mass is 32.1. The van der Waals surface area contributed by atoms with E-state index >= 15 is 0 Å². The number of nitrogens with zero attached hydrogens (tertiary/aromatic N) is 3. The van der Waals surface area contributed by atoms with E-state index in [1.165, 1.54) is 22.1 Å². The number of aromatic nitrogens is 3. The van der Waals surface area contributed by atoms with Gasteiger partial charge in [-0.15, -0.1) is 11.3 Å². The van der Waals surface area contributed by atoms with Crippen LogP contribution in [-0.4, -0.2) is 20.6 Å². The van der Waals surface area contributed by atoms with E-state index in [1.807, 2.05) is 30.3 Å². The molecule has 0 saturated heterocycles. The summed E-state index contributed by atoms with van der Waals surface area (Å²) in [4.78, 5) is 34.1. The fraction of sp³-hybridized carbons (Fsp3) is 0.0526. The largest absolute Gasteiger partial charge is 0.281 e. The minimum absolute atomic E-state index is 0.290. The molecule has 128 valence electrons. The van der Waals surface area contributed by atoms with E-state index in [0.29, 0.717) is 16.0 Å². The predicted octanol–water partition coefficient (Wildman–Crippen LogP) is 3.10. The summed E-state index contributed by atoms with van der Waals surface area (Å²) >= 11 is 1.39. The van der Waals surface area contributed by atoms with E-state index in [-0.39, 0.29) is 5.56 Å². The number of carbonyl (C=O) groups excluding carboxylic acids is 1. The minimum atomic E-state index is -0.417. The van der Waals surface area contributed by atoms with Crippen LogP contribution in [0.3, 0.4) is 0 Å². The molecule has 26 heavy (non-hydrogen) atoms. The lowest BCUT2D eigenvalue weighted by atomic mass is 10.1. The van der Waals surface area contributed by atoms with Crippen molar-refractivity contribution >= 4 is 44.4 Å². The summed E-state index contributed by atoms with van der Waals surface area (Å²) in [6, 6.07) is 11.3. The molecule has 0 aliphatic heterocycles. The Morgan fingerprint density at radius 3 is 2.96 bits per heavy atom. The minimum Gasteiger partial charge on any atom is -0.268 e. The number of thiophene rings is 1. The van der Waals surface area contributed by atoms with Gasteiger partial charge in [0.1, 0.15) is 10.7 Å². The number of amides is 1. The van der Waals surface area contributed by atoms with Crippen molar-refractivity contribution in [2.45, 2.75) is 6.92 Å². The summed E-state index contributed by atoms with van der Waals surface area (Å²) in [5, 5.41) is 3.29. The summed E-state index contributed by atoms with van der Waals surface area (Å²) in [5.74, 6) is 0.0121. The summed E-state index contributed by atoms with van der Waals surface area (Å²) < 4.78 is 1.17. The third-order valence-corrected chi connectivity index (χ3v) is 4.77. The number of pyridine rings is 1. The molecule has 1 aromatic carbocycles. The number of para-hydroxylation sites is 1. The molecule has 0 fully saturated rings. The maximum Gasteiger partial charge on any atom is 0.281 e. The molecule has 0 unspecified atom stereocenters. The van der Waals surface area contributed by atoms with Gasteiger partial charge in [-0.1, -0.05) is 24.3 Å². The van der Waals surface area contributed by atoms with Crippen LogP contribution in [0.2, 0.25) is 0 Å². The van der Waals surface area contributed by atoms with Crippen LogP contribution in [0.4, 0.5) is 0 Å². The Hall–Kier alpha value is -3.32. The molecule has 0 aliphatic carbocycles. The van der Waals surface area contributed by atoms with E-state index in [4.69, 9.17) is 0 Å². The quantitative estimate of drug-likeness (QED) is 0.568. The van der Waals surface area contributed by atoms with Crippen LogP contribution in [0.1, 0.15) is 11.4 Å². The van der Waals surface area contributed by atoms with E-state index in [0.717, 1.165) is 16.5 Å². The van der Waals surface area contributed by atoms with Crippen molar-refractivity contribution in [3.05, 3.63) is 75.8 Å². The first-order chi connectivity index (χ1) is 12.6. The van der Waals surface area contributed by atoms with Crippen LogP contribution in [0.25, 0.3) is 27.2 Å². The lowest BCUT2D eigenvalue weighted by Crippen LogP contribution is -2.34. The van der Waals surface area contributed by atoms with E-state index in [1.54, 1.807) is 30.6 Å². The van der Waals surface area contributed by atoms with Gasteiger partial charge in [-0.3, -0.25) is 20.0 Å². The molecule has 4 aromatic rings. The summed E-state index contributed by atoms with van der Waals surface area (Å²) in [7, 11) is 0. The average Bonchev–Trinajstić information content (AvgIpc) is 3.12. The van der Waals surface area contributed by atoms with Crippen LogP contribution < -0.4 is 11.0 Å². The topological polar surface area (TPSA) is 76.9 Å². The summed E-state index contributed by atoms with van der Waals surface area (Å²) in [5.41, 5.74) is 3.93. The zero-order chi connectivity index (χ0) is 18.1. The van der Waals surface area contributed by atoms with Crippen molar-refractivity contribution in [2.24, 2.45) is 0 Å². The predicted molar refractivity (Wildman–Crippen MR) is 104 cm³/mol. The molecule has 0 radical (unpaired) electrons. The van der Waals surface area contributed by atoms with Gasteiger partial charge in [0.05, 0.1) is 10.9 Å². The lowest BCUT2D eigenvalue weighted by Gasteiger charge is -2.09. The van der Waals surface area contributed by atoms with Crippen molar-refractivity contribution in [1.29, 1.82) is 0 Å². The molecule has 1 N–H and O–H groups in total. The third kappa shape index (κ3) is 2.89. The van der Waals surface area contributed by atoms with Crippen molar-refractivity contribution in [1.82, 2.24) is 14.6 Å². The molecule has 0 atom stereocenters. The van der Waals surface area contributed by atoms with Gasteiger partial charge in [-0.25, -0.2) is 9.66 Å². The molecule has 3 aromatic heterocycles. The van der Waals surface area contributed by atoms with Crippen molar-refractivity contribution < 1.29 is 4.79 Å². The first-order valence-corrected chi connectivity index (χ1v) is 8.81. The molecular formula is C19H14N4O2S. The number of fused-ring (bicyclic) bond motifs is 2. The first-order valence-electron chi connectivity index (χ1n) is 7.93. The number of benzene rings is 1. The standard InChI is InChI=1S/C19H14N4O2S/c1-12-21-18-15(9-11-26-18)19(25)23(12)22-16(24)8-7-14-5-2-4-13-6-3-10-20-17(13)14/h2-11H,1H3,(H,22,24)/b8-7+. The monoisotopic (exact) mass is 362 g/mol. The van der Waals surface area contributed by atoms with E-state index in [9.17, 15) is 9.59 Å². The highest BCUT2D eigenvalue weighted by Crippen LogP contribution is 2.17. The van der Waals surface area contributed by atoms with Gasteiger partial charge in [0.2, 0.25) is 0 Å². The second-order valence-electron chi connectivity index (χ2n) is 5.67. The van der Waals surface area contributed by atoms with Crippen LogP contribution >= 0.6 is 11.3 Å². The fourth-order valence-electron chi connectivity index (χ4n) is 2.72. The average molecular weight is 362 g/mol. The van der Waals surface area contributed by atoms with Gasteiger partial charge in [-0.05, 0) is 30.5 Å². The smallest absolute Gasteiger partial charge is 0.268 e. The fourth-order valence-corrected chi connectivity index (χ4v) is 3.52. The van der Waals surface area contributed by atoms with E-state index < -0.39 is 5.91 Å². The van der Waals surface area contributed by atoms with Crippen LogP contribution in [-0.2, 0) is 4.79 Å². The zero-order valence-corrected chi connectivity index (χ0v) is 14.7. The second-order valence-corrected chi connectivity index (χ2v) is 6.57.